The molecule has 0 rings (SSSR count). The Morgan fingerprint density at radius 1 is 0.554 bits per heavy atom. The number of aliphatic hydroxyl groups excluding tert-OH is 2. The first kappa shape index (κ1) is 52.8. The second-order valence-corrected chi connectivity index (χ2v) is 14.9. The molecule has 0 radical (unpaired) electrons. The SMILES string of the molecule is CC/C=C/C=C/C=C\C=C/C=C/CC(CC(=O)NC(CO)C(O)CCCCCCCCCCCCCCC)OC(=O)CCCCCCC\C=C/C=C/C=C/CC. The Kier molecular flexibility index (Phi) is 40.4. The van der Waals surface area contributed by atoms with Crippen molar-refractivity contribution in [1.29, 1.82) is 0 Å². The minimum Gasteiger partial charge on any atom is -0.461 e. The molecule has 3 unspecified atom stereocenters. The van der Waals surface area contributed by atoms with Crippen LogP contribution in [0.15, 0.2) is 97.2 Å². The summed E-state index contributed by atoms with van der Waals surface area (Å²) < 4.78 is 5.80. The van der Waals surface area contributed by atoms with E-state index in [0.29, 0.717) is 19.3 Å². The van der Waals surface area contributed by atoms with Crippen molar-refractivity contribution in [3.05, 3.63) is 97.2 Å². The average molecular weight is 778 g/mol. The summed E-state index contributed by atoms with van der Waals surface area (Å²) in [6.07, 6.45) is 56.3. The van der Waals surface area contributed by atoms with Crippen LogP contribution < -0.4 is 5.32 Å². The van der Waals surface area contributed by atoms with Gasteiger partial charge in [-0.25, -0.2) is 0 Å². The minimum atomic E-state index is -0.825. The summed E-state index contributed by atoms with van der Waals surface area (Å²) >= 11 is 0. The first-order valence-corrected chi connectivity index (χ1v) is 22.6. The lowest BCUT2D eigenvalue weighted by atomic mass is 10.0. The zero-order valence-electron chi connectivity index (χ0n) is 36.0. The molecule has 0 saturated carbocycles. The topological polar surface area (TPSA) is 95.9 Å². The highest BCUT2D eigenvalue weighted by Gasteiger charge is 2.23. The van der Waals surface area contributed by atoms with Crippen molar-refractivity contribution in [1.82, 2.24) is 5.32 Å². The van der Waals surface area contributed by atoms with E-state index in [-0.39, 0.29) is 24.9 Å². The van der Waals surface area contributed by atoms with E-state index in [4.69, 9.17) is 4.74 Å². The van der Waals surface area contributed by atoms with Crippen LogP contribution in [0.4, 0.5) is 0 Å². The highest BCUT2D eigenvalue weighted by atomic mass is 16.5. The average Bonchev–Trinajstić information content (AvgIpc) is 3.19. The van der Waals surface area contributed by atoms with Crippen molar-refractivity contribution in [3.63, 3.8) is 0 Å². The molecule has 0 aromatic carbocycles. The number of esters is 1. The van der Waals surface area contributed by atoms with Gasteiger partial charge in [0.05, 0.1) is 25.2 Å². The van der Waals surface area contributed by atoms with Crippen LogP contribution in [-0.2, 0) is 14.3 Å². The van der Waals surface area contributed by atoms with Crippen molar-refractivity contribution in [2.24, 2.45) is 0 Å². The van der Waals surface area contributed by atoms with Gasteiger partial charge in [0.25, 0.3) is 0 Å². The highest BCUT2D eigenvalue weighted by molar-refractivity contribution is 5.77. The molecule has 0 heterocycles. The van der Waals surface area contributed by atoms with Gasteiger partial charge in [-0.3, -0.25) is 9.59 Å². The summed E-state index contributed by atoms with van der Waals surface area (Å²) in [5.74, 6) is -0.643. The predicted octanol–water partition coefficient (Wildman–Crippen LogP) is 13.0. The number of hydrogen-bond donors (Lipinski definition) is 3. The Labute approximate surface area is 344 Å². The van der Waals surface area contributed by atoms with Gasteiger partial charge in [-0.05, 0) is 38.5 Å². The number of ether oxygens (including phenoxy) is 1. The van der Waals surface area contributed by atoms with Crippen LogP contribution in [0.3, 0.4) is 0 Å². The van der Waals surface area contributed by atoms with Crippen LogP contribution in [-0.4, -0.2) is 46.9 Å². The molecule has 6 heteroatoms. The van der Waals surface area contributed by atoms with Crippen LogP contribution in [0.1, 0.15) is 181 Å². The van der Waals surface area contributed by atoms with Gasteiger partial charge in [-0.2, -0.15) is 0 Å². The zero-order chi connectivity index (χ0) is 41.0. The predicted molar refractivity (Wildman–Crippen MR) is 240 cm³/mol. The van der Waals surface area contributed by atoms with Gasteiger partial charge in [0.2, 0.25) is 5.91 Å². The molecule has 0 saturated heterocycles. The maximum absolute atomic E-state index is 13.1. The molecule has 0 aromatic heterocycles. The van der Waals surface area contributed by atoms with E-state index in [0.717, 1.165) is 70.6 Å². The second-order valence-electron chi connectivity index (χ2n) is 14.9. The number of allylic oxidation sites excluding steroid dienone is 15. The Hall–Kier alpha value is -3.22. The highest BCUT2D eigenvalue weighted by Crippen LogP contribution is 2.15. The summed E-state index contributed by atoms with van der Waals surface area (Å²) in [7, 11) is 0. The molecule has 0 bridgehead atoms. The van der Waals surface area contributed by atoms with Crippen LogP contribution in [0.25, 0.3) is 0 Å². The molecule has 3 atom stereocenters. The lowest BCUT2D eigenvalue weighted by Crippen LogP contribution is -2.46. The van der Waals surface area contributed by atoms with Gasteiger partial charge < -0.3 is 20.3 Å². The summed E-state index contributed by atoms with van der Waals surface area (Å²) in [4.78, 5) is 25.9. The molecule has 318 valence electrons. The van der Waals surface area contributed by atoms with E-state index >= 15 is 0 Å². The smallest absolute Gasteiger partial charge is 0.306 e. The number of aliphatic hydroxyl groups is 2. The van der Waals surface area contributed by atoms with Crippen molar-refractivity contribution in [3.8, 4) is 0 Å². The van der Waals surface area contributed by atoms with Gasteiger partial charge >= 0.3 is 5.97 Å². The number of hydrogen-bond acceptors (Lipinski definition) is 5. The summed E-state index contributed by atoms with van der Waals surface area (Å²) in [5, 5.41) is 23.6. The molecule has 0 aliphatic carbocycles. The molecule has 0 aliphatic rings. The van der Waals surface area contributed by atoms with Crippen molar-refractivity contribution >= 4 is 11.9 Å². The molecule has 1 amide bonds. The minimum absolute atomic E-state index is 0.0324. The standard InChI is InChI=1S/C50H83NO5/c1-4-7-10-13-16-19-22-24-27-30-33-36-39-42-48(53)47(45-52)51-49(54)44-46(41-38-35-32-29-26-21-18-15-12-9-6-3)56-50(55)43-40-37-34-31-28-25-23-20-17-14-11-8-5-2/h8-9,11-12,14-15,17-18,20-21,23,26,29,32,35,38,46-48,52-53H,4-7,10,13,16,19,22,24-25,27-28,30-31,33-34,36-37,39-45H2,1-3H3,(H,51,54)/b11-8+,12-9+,17-14+,18-15+,23-20-,26-21-,32-29-,38-35+. The van der Waals surface area contributed by atoms with Crippen LogP contribution in [0, 0.1) is 0 Å². The van der Waals surface area contributed by atoms with Gasteiger partial charge in [0.15, 0.2) is 0 Å². The zero-order valence-corrected chi connectivity index (χ0v) is 36.0. The van der Waals surface area contributed by atoms with Crippen LogP contribution in [0.2, 0.25) is 0 Å². The Balaban J connectivity index is 4.76. The number of carbonyl (C=O) groups is 2. The number of carbonyl (C=O) groups excluding carboxylic acids is 2. The maximum Gasteiger partial charge on any atom is 0.306 e. The summed E-state index contributed by atoms with van der Waals surface area (Å²) in [5.41, 5.74) is 0. The third-order valence-electron chi connectivity index (χ3n) is 9.60. The molecule has 0 aromatic rings. The first-order valence-electron chi connectivity index (χ1n) is 22.6. The Morgan fingerprint density at radius 3 is 1.52 bits per heavy atom. The molecule has 6 nitrogen and oxygen atoms in total. The lowest BCUT2D eigenvalue weighted by molar-refractivity contribution is -0.150. The fraction of sp³-hybridized carbons (Fsp3) is 0.640. The normalized spacial score (nSPS) is 14.3. The maximum atomic E-state index is 13.1. The largest absolute Gasteiger partial charge is 0.461 e. The van der Waals surface area contributed by atoms with Crippen molar-refractivity contribution < 1.29 is 24.5 Å². The third kappa shape index (κ3) is 37.7. The molecule has 0 fully saturated rings. The van der Waals surface area contributed by atoms with Crippen LogP contribution >= 0.6 is 0 Å². The molecule has 0 aliphatic heterocycles. The fourth-order valence-electron chi connectivity index (χ4n) is 6.21. The second kappa shape index (κ2) is 42.9. The fourth-order valence-corrected chi connectivity index (χ4v) is 6.21. The third-order valence-corrected chi connectivity index (χ3v) is 9.60. The van der Waals surface area contributed by atoms with E-state index in [9.17, 15) is 19.8 Å². The van der Waals surface area contributed by atoms with E-state index in [1.165, 1.54) is 64.2 Å². The van der Waals surface area contributed by atoms with Gasteiger partial charge in [0.1, 0.15) is 6.10 Å². The van der Waals surface area contributed by atoms with Gasteiger partial charge in [0, 0.05) is 12.8 Å². The van der Waals surface area contributed by atoms with E-state index in [1.54, 1.807) is 0 Å². The number of amides is 1. The van der Waals surface area contributed by atoms with E-state index < -0.39 is 18.2 Å². The number of nitrogens with one attached hydrogen (secondary N) is 1. The molecule has 56 heavy (non-hydrogen) atoms. The Morgan fingerprint density at radius 2 is 1.00 bits per heavy atom. The van der Waals surface area contributed by atoms with Gasteiger partial charge in [-0.15, -0.1) is 0 Å². The number of rotatable bonds is 38. The van der Waals surface area contributed by atoms with Crippen molar-refractivity contribution in [2.75, 3.05) is 6.61 Å². The summed E-state index contributed by atoms with van der Waals surface area (Å²) in [6, 6.07) is -0.747. The molecular formula is C50H83NO5. The first-order chi connectivity index (χ1) is 27.5. The van der Waals surface area contributed by atoms with E-state index in [1.807, 2.05) is 60.8 Å². The van der Waals surface area contributed by atoms with Crippen molar-refractivity contribution in [2.45, 2.75) is 200 Å². The summed E-state index contributed by atoms with van der Waals surface area (Å²) in [6.45, 7) is 6.13. The van der Waals surface area contributed by atoms with Crippen LogP contribution in [0.5, 0.6) is 0 Å². The van der Waals surface area contributed by atoms with E-state index in [2.05, 4.69) is 62.5 Å². The lowest BCUT2D eigenvalue weighted by Gasteiger charge is -2.24. The van der Waals surface area contributed by atoms with Gasteiger partial charge in [-0.1, -0.05) is 221 Å². The molecule has 0 spiro atoms. The monoisotopic (exact) mass is 778 g/mol. The Bertz CT molecular complexity index is 1140. The quantitative estimate of drug-likeness (QED) is 0.0330. The molecule has 3 N–H and O–H groups in total. The molecular weight excluding hydrogens is 695 g/mol. The number of unbranched alkanes of at least 4 members (excludes halogenated alkanes) is 17.